The number of amides is 1. The molecule has 4 nitrogen and oxygen atoms in total. The summed E-state index contributed by atoms with van der Waals surface area (Å²) in [5.41, 5.74) is 0. The first kappa shape index (κ1) is 12.1. The normalized spacial score (nSPS) is 17.9. The number of aromatic nitrogens is 2. The third-order valence-electron chi connectivity index (χ3n) is 2.86. The van der Waals surface area contributed by atoms with Crippen LogP contribution in [0, 0.1) is 0 Å². The first-order valence-electron chi connectivity index (χ1n) is 4.98. The van der Waals surface area contributed by atoms with E-state index < -0.39 is 0 Å². The Kier molecular flexibility index (Phi) is 3.71. The monoisotopic (exact) mass is 277 g/mol. The molecule has 1 aromatic heterocycles. The molecule has 0 unspecified atom stereocenters. The van der Waals surface area contributed by atoms with Gasteiger partial charge in [-0.05, 0) is 30.7 Å². The van der Waals surface area contributed by atoms with E-state index >= 15 is 0 Å². The fourth-order valence-electron chi connectivity index (χ4n) is 1.64. The van der Waals surface area contributed by atoms with E-state index in [9.17, 15) is 4.79 Å². The van der Waals surface area contributed by atoms with Gasteiger partial charge in [0.25, 0.3) is 5.91 Å². The molecule has 0 radical (unpaired) electrons. The lowest BCUT2D eigenvalue weighted by atomic mass is 9.84. The molecule has 1 fully saturated rings. The lowest BCUT2D eigenvalue weighted by Crippen LogP contribution is -2.45. The molecule has 0 aliphatic heterocycles. The van der Waals surface area contributed by atoms with E-state index in [0.717, 1.165) is 11.3 Å². The highest BCUT2D eigenvalue weighted by molar-refractivity contribution is 8.00. The van der Waals surface area contributed by atoms with Crippen LogP contribution < -0.4 is 5.32 Å². The van der Waals surface area contributed by atoms with Crippen molar-refractivity contribution < 1.29 is 4.79 Å². The second-order valence-electron chi connectivity index (χ2n) is 3.78. The van der Waals surface area contributed by atoms with Crippen molar-refractivity contribution in [3.05, 3.63) is 9.47 Å². The Bertz CT molecular complexity index is 386. The lowest BCUT2D eigenvalue weighted by molar-refractivity contribution is 0.0943. The van der Waals surface area contributed by atoms with Crippen molar-refractivity contribution in [2.24, 2.45) is 0 Å². The minimum absolute atomic E-state index is 0.176. The molecule has 1 aliphatic carbocycles. The van der Waals surface area contributed by atoms with Crippen molar-refractivity contribution in [3.8, 4) is 0 Å². The molecule has 88 valence electrons. The van der Waals surface area contributed by atoms with Crippen LogP contribution in [0.15, 0.2) is 0 Å². The number of carbonyl (C=O) groups excluding carboxylic acids is 1. The van der Waals surface area contributed by atoms with Gasteiger partial charge in [-0.1, -0.05) is 17.8 Å². The number of carbonyl (C=O) groups is 1. The lowest BCUT2D eigenvalue weighted by Gasteiger charge is -2.40. The largest absolute Gasteiger partial charge is 0.349 e. The smallest absolute Gasteiger partial charge is 0.282 e. The van der Waals surface area contributed by atoms with Gasteiger partial charge in [0, 0.05) is 11.3 Å². The van der Waals surface area contributed by atoms with Crippen LogP contribution in [0.3, 0.4) is 0 Å². The molecule has 1 saturated carbocycles. The Balaban J connectivity index is 1.88. The van der Waals surface area contributed by atoms with Crippen molar-refractivity contribution in [3.63, 3.8) is 0 Å². The van der Waals surface area contributed by atoms with Crippen LogP contribution in [0.25, 0.3) is 0 Å². The minimum atomic E-state index is -0.176. The zero-order chi connectivity index (χ0) is 11.6. The molecule has 1 amide bonds. The van der Waals surface area contributed by atoms with E-state index in [1.807, 2.05) is 11.8 Å². The topological polar surface area (TPSA) is 54.9 Å². The quantitative estimate of drug-likeness (QED) is 0.917. The van der Waals surface area contributed by atoms with Gasteiger partial charge in [-0.25, -0.2) is 0 Å². The average molecular weight is 278 g/mol. The second-order valence-corrected chi connectivity index (χ2v) is 6.62. The van der Waals surface area contributed by atoms with Gasteiger partial charge < -0.3 is 5.32 Å². The Morgan fingerprint density at radius 1 is 1.62 bits per heavy atom. The Morgan fingerprint density at radius 3 is 2.81 bits per heavy atom. The summed E-state index contributed by atoms with van der Waals surface area (Å²) < 4.78 is 0.540. The van der Waals surface area contributed by atoms with Gasteiger partial charge >= 0.3 is 0 Å². The molecule has 0 atom stereocenters. The molecule has 1 aliphatic rings. The highest BCUT2D eigenvalue weighted by atomic mass is 35.5. The summed E-state index contributed by atoms with van der Waals surface area (Å²) >= 11 is 8.55. The fourth-order valence-corrected chi connectivity index (χ4v) is 3.30. The van der Waals surface area contributed by atoms with Crippen LogP contribution in [0.4, 0.5) is 0 Å². The van der Waals surface area contributed by atoms with Crippen molar-refractivity contribution >= 4 is 40.6 Å². The third kappa shape index (κ3) is 2.49. The van der Waals surface area contributed by atoms with Crippen LogP contribution in [0.1, 0.15) is 29.1 Å². The van der Waals surface area contributed by atoms with E-state index in [2.05, 4.69) is 21.8 Å². The SMILES string of the molecule is CSC1(CNC(=O)c2nnc(Cl)s2)CCC1. The number of thioether (sulfide) groups is 1. The summed E-state index contributed by atoms with van der Waals surface area (Å²) in [6.45, 7) is 0.699. The number of halogens is 1. The zero-order valence-electron chi connectivity index (χ0n) is 8.83. The number of rotatable bonds is 4. The highest BCUT2D eigenvalue weighted by Gasteiger charge is 2.36. The van der Waals surface area contributed by atoms with Crippen molar-refractivity contribution in [1.82, 2.24) is 15.5 Å². The van der Waals surface area contributed by atoms with Crippen LogP contribution in [-0.4, -0.2) is 33.7 Å². The van der Waals surface area contributed by atoms with Crippen LogP contribution >= 0.6 is 34.7 Å². The average Bonchev–Trinajstić information content (AvgIpc) is 2.64. The van der Waals surface area contributed by atoms with E-state index in [1.54, 1.807) is 0 Å². The molecule has 0 spiro atoms. The fraction of sp³-hybridized carbons (Fsp3) is 0.667. The number of nitrogens with zero attached hydrogens (tertiary/aromatic N) is 2. The Morgan fingerprint density at radius 2 is 2.38 bits per heavy atom. The molecule has 0 bridgehead atoms. The predicted molar refractivity (Wildman–Crippen MR) is 67.3 cm³/mol. The van der Waals surface area contributed by atoms with Crippen molar-refractivity contribution in [2.45, 2.75) is 24.0 Å². The van der Waals surface area contributed by atoms with E-state index in [-0.39, 0.29) is 10.7 Å². The summed E-state index contributed by atoms with van der Waals surface area (Å²) in [6, 6.07) is 0. The molecule has 2 rings (SSSR count). The van der Waals surface area contributed by atoms with E-state index in [4.69, 9.17) is 11.6 Å². The number of hydrogen-bond donors (Lipinski definition) is 1. The Hall–Kier alpha value is -0.330. The summed E-state index contributed by atoms with van der Waals surface area (Å²) in [5.74, 6) is -0.176. The van der Waals surface area contributed by atoms with Crippen molar-refractivity contribution in [1.29, 1.82) is 0 Å². The summed E-state index contributed by atoms with van der Waals surface area (Å²) in [7, 11) is 0. The van der Waals surface area contributed by atoms with E-state index in [0.29, 0.717) is 16.0 Å². The summed E-state index contributed by atoms with van der Waals surface area (Å²) in [6.07, 6.45) is 5.69. The van der Waals surface area contributed by atoms with Gasteiger partial charge in [0.1, 0.15) is 0 Å². The molecule has 0 saturated heterocycles. The maximum atomic E-state index is 11.7. The number of hydrogen-bond acceptors (Lipinski definition) is 5. The first-order valence-corrected chi connectivity index (χ1v) is 7.39. The molecule has 7 heteroatoms. The number of nitrogens with one attached hydrogen (secondary N) is 1. The summed E-state index contributed by atoms with van der Waals surface area (Å²) in [4.78, 5) is 11.7. The molecule has 1 heterocycles. The minimum Gasteiger partial charge on any atom is -0.349 e. The standard InChI is InChI=1S/C9H12ClN3OS2/c1-15-9(3-2-4-9)5-11-6(14)7-12-13-8(10)16-7/h2-5H2,1H3,(H,11,14). The van der Waals surface area contributed by atoms with Crippen molar-refractivity contribution in [2.75, 3.05) is 12.8 Å². The van der Waals surface area contributed by atoms with Crippen LogP contribution in [0.5, 0.6) is 0 Å². The Labute approximate surface area is 107 Å². The maximum absolute atomic E-state index is 11.7. The van der Waals surface area contributed by atoms with E-state index in [1.165, 1.54) is 19.3 Å². The molecular formula is C9H12ClN3OS2. The molecule has 1 aromatic rings. The summed E-state index contributed by atoms with van der Waals surface area (Å²) in [5, 5.41) is 10.5. The molecule has 0 aromatic carbocycles. The van der Waals surface area contributed by atoms with Gasteiger partial charge in [-0.15, -0.1) is 10.2 Å². The molecular weight excluding hydrogens is 266 g/mol. The van der Waals surface area contributed by atoms with Gasteiger partial charge in [-0.3, -0.25) is 4.79 Å². The molecule has 16 heavy (non-hydrogen) atoms. The molecule has 1 N–H and O–H groups in total. The second kappa shape index (κ2) is 4.89. The van der Waals surface area contributed by atoms with Gasteiger partial charge in [0.05, 0.1) is 0 Å². The van der Waals surface area contributed by atoms with Crippen LogP contribution in [-0.2, 0) is 0 Å². The zero-order valence-corrected chi connectivity index (χ0v) is 11.2. The van der Waals surface area contributed by atoms with Crippen LogP contribution in [0.2, 0.25) is 4.47 Å². The third-order valence-corrected chi connectivity index (χ3v) is 5.30. The first-order chi connectivity index (χ1) is 7.65. The van der Waals surface area contributed by atoms with Gasteiger partial charge in [-0.2, -0.15) is 11.8 Å². The maximum Gasteiger partial charge on any atom is 0.282 e. The van der Waals surface area contributed by atoms with Gasteiger partial charge in [0.2, 0.25) is 9.47 Å². The predicted octanol–water partition coefficient (Wildman–Crippen LogP) is 2.21. The van der Waals surface area contributed by atoms with Gasteiger partial charge in [0.15, 0.2) is 0 Å². The highest BCUT2D eigenvalue weighted by Crippen LogP contribution is 2.42.